The van der Waals surface area contributed by atoms with Gasteiger partial charge in [0, 0.05) is 18.0 Å². The number of rotatable bonds is 3. The van der Waals surface area contributed by atoms with Gasteiger partial charge in [-0.3, -0.25) is 4.79 Å². The molecular formula is C15H14N4O. The smallest absolute Gasteiger partial charge is 0.252 e. The first kappa shape index (κ1) is 12.4. The van der Waals surface area contributed by atoms with Gasteiger partial charge in [-0.15, -0.1) is 0 Å². The normalized spacial score (nSPS) is 15.4. The maximum Gasteiger partial charge on any atom is 0.252 e. The molecule has 1 fully saturated rings. The molecule has 0 bridgehead atoms. The van der Waals surface area contributed by atoms with E-state index >= 15 is 0 Å². The predicted octanol–water partition coefficient (Wildman–Crippen LogP) is 1.97. The van der Waals surface area contributed by atoms with Crippen LogP contribution in [0.15, 0.2) is 36.7 Å². The third-order valence-electron chi connectivity index (χ3n) is 3.53. The van der Waals surface area contributed by atoms with Crippen LogP contribution < -0.4 is 5.32 Å². The van der Waals surface area contributed by atoms with Crippen molar-refractivity contribution >= 4 is 5.91 Å². The first-order valence-corrected chi connectivity index (χ1v) is 6.48. The highest BCUT2D eigenvalue weighted by Gasteiger charge is 2.44. The molecule has 5 heteroatoms. The standard InChI is InChI=1S/C15H14N4O/c1-11-9-12(14(20)18-15(10-16)5-6-15)3-4-13(11)19-8-2-7-17-19/h2-4,7-9H,5-6H2,1H3,(H,18,20). The number of carbonyl (C=O) groups excluding carboxylic acids is 1. The summed E-state index contributed by atoms with van der Waals surface area (Å²) in [4.78, 5) is 12.1. The van der Waals surface area contributed by atoms with E-state index in [0.29, 0.717) is 5.56 Å². The number of aromatic nitrogens is 2. The molecule has 1 saturated carbocycles. The molecule has 0 radical (unpaired) electrons. The van der Waals surface area contributed by atoms with Crippen molar-refractivity contribution in [3.05, 3.63) is 47.8 Å². The van der Waals surface area contributed by atoms with Gasteiger partial charge in [-0.2, -0.15) is 10.4 Å². The van der Waals surface area contributed by atoms with E-state index in [0.717, 1.165) is 24.1 Å². The van der Waals surface area contributed by atoms with Gasteiger partial charge in [0.05, 0.1) is 11.8 Å². The van der Waals surface area contributed by atoms with E-state index in [1.165, 1.54) is 0 Å². The second-order valence-corrected chi connectivity index (χ2v) is 5.10. The number of carbonyl (C=O) groups is 1. The van der Waals surface area contributed by atoms with E-state index in [-0.39, 0.29) is 5.91 Å². The molecule has 0 spiro atoms. The molecule has 0 aliphatic heterocycles. The van der Waals surface area contributed by atoms with Crippen molar-refractivity contribution in [2.45, 2.75) is 25.3 Å². The number of hydrogen-bond acceptors (Lipinski definition) is 3. The first-order chi connectivity index (χ1) is 9.63. The number of nitriles is 1. The highest BCUT2D eigenvalue weighted by Crippen LogP contribution is 2.34. The average Bonchev–Trinajstić information content (AvgIpc) is 3.01. The minimum absolute atomic E-state index is 0.195. The Bertz CT molecular complexity index is 693. The summed E-state index contributed by atoms with van der Waals surface area (Å²) in [5.74, 6) is -0.195. The van der Waals surface area contributed by atoms with Crippen LogP contribution in [-0.2, 0) is 0 Å². The monoisotopic (exact) mass is 266 g/mol. The molecule has 1 N–H and O–H groups in total. The lowest BCUT2D eigenvalue weighted by molar-refractivity contribution is 0.0941. The van der Waals surface area contributed by atoms with Gasteiger partial charge in [0.1, 0.15) is 5.54 Å². The van der Waals surface area contributed by atoms with Crippen LogP contribution in [0.4, 0.5) is 0 Å². The quantitative estimate of drug-likeness (QED) is 0.923. The fourth-order valence-corrected chi connectivity index (χ4v) is 2.14. The van der Waals surface area contributed by atoms with Gasteiger partial charge in [0.2, 0.25) is 0 Å². The number of amides is 1. The van der Waals surface area contributed by atoms with Gasteiger partial charge in [0.25, 0.3) is 5.91 Å². The zero-order valence-electron chi connectivity index (χ0n) is 11.1. The lowest BCUT2D eigenvalue weighted by Gasteiger charge is -2.11. The molecule has 2 aromatic rings. The minimum Gasteiger partial charge on any atom is -0.334 e. The third-order valence-corrected chi connectivity index (χ3v) is 3.53. The van der Waals surface area contributed by atoms with E-state index in [1.54, 1.807) is 16.9 Å². The summed E-state index contributed by atoms with van der Waals surface area (Å²) in [6.07, 6.45) is 5.04. The summed E-state index contributed by atoms with van der Waals surface area (Å²) >= 11 is 0. The number of aryl methyl sites for hydroxylation is 1. The van der Waals surface area contributed by atoms with Gasteiger partial charge < -0.3 is 5.32 Å². The Hall–Kier alpha value is -2.61. The van der Waals surface area contributed by atoms with Crippen molar-refractivity contribution < 1.29 is 4.79 Å². The molecular weight excluding hydrogens is 252 g/mol. The van der Waals surface area contributed by atoms with Crippen molar-refractivity contribution in [3.8, 4) is 11.8 Å². The summed E-state index contributed by atoms with van der Waals surface area (Å²) in [6.45, 7) is 1.94. The maximum absolute atomic E-state index is 12.1. The Kier molecular flexibility index (Phi) is 2.79. The van der Waals surface area contributed by atoms with Gasteiger partial charge in [-0.1, -0.05) is 0 Å². The van der Waals surface area contributed by atoms with Crippen LogP contribution in [-0.4, -0.2) is 21.2 Å². The molecule has 1 aromatic heterocycles. The summed E-state index contributed by atoms with van der Waals surface area (Å²) in [6, 6.07) is 9.45. The summed E-state index contributed by atoms with van der Waals surface area (Å²) in [5.41, 5.74) is 1.84. The van der Waals surface area contributed by atoms with Crippen molar-refractivity contribution in [1.29, 1.82) is 5.26 Å². The first-order valence-electron chi connectivity index (χ1n) is 6.48. The Balaban J connectivity index is 1.84. The molecule has 5 nitrogen and oxygen atoms in total. The molecule has 0 unspecified atom stereocenters. The zero-order chi connectivity index (χ0) is 14.2. The minimum atomic E-state index is -0.633. The lowest BCUT2D eigenvalue weighted by Crippen LogP contribution is -2.35. The van der Waals surface area contributed by atoms with Crippen LogP contribution in [0, 0.1) is 18.3 Å². The predicted molar refractivity (Wildman–Crippen MR) is 73.3 cm³/mol. The number of nitrogens with one attached hydrogen (secondary N) is 1. The van der Waals surface area contributed by atoms with Crippen molar-refractivity contribution in [2.24, 2.45) is 0 Å². The van der Waals surface area contributed by atoms with E-state index in [4.69, 9.17) is 5.26 Å². The van der Waals surface area contributed by atoms with Gasteiger partial charge in [-0.05, 0) is 49.6 Å². The molecule has 100 valence electrons. The van der Waals surface area contributed by atoms with Crippen molar-refractivity contribution in [2.75, 3.05) is 0 Å². The number of hydrogen-bond donors (Lipinski definition) is 1. The number of nitrogens with zero attached hydrogens (tertiary/aromatic N) is 3. The van der Waals surface area contributed by atoms with E-state index in [9.17, 15) is 4.79 Å². The Labute approximate surface area is 116 Å². The zero-order valence-corrected chi connectivity index (χ0v) is 11.1. The Morgan fingerprint density at radius 2 is 2.30 bits per heavy atom. The summed E-state index contributed by atoms with van der Waals surface area (Å²) in [7, 11) is 0. The molecule has 1 amide bonds. The van der Waals surface area contributed by atoms with Gasteiger partial charge >= 0.3 is 0 Å². The topological polar surface area (TPSA) is 70.7 Å². The molecule has 0 atom stereocenters. The third kappa shape index (κ3) is 2.16. The molecule has 20 heavy (non-hydrogen) atoms. The van der Waals surface area contributed by atoms with Gasteiger partial charge in [-0.25, -0.2) is 4.68 Å². The second-order valence-electron chi connectivity index (χ2n) is 5.10. The molecule has 3 rings (SSSR count). The fraction of sp³-hybridized carbons (Fsp3) is 0.267. The molecule has 1 heterocycles. The SMILES string of the molecule is Cc1cc(C(=O)NC2(C#N)CC2)ccc1-n1cccn1. The summed E-state index contributed by atoms with van der Waals surface area (Å²) in [5, 5.41) is 16.0. The lowest BCUT2D eigenvalue weighted by atomic mass is 10.1. The van der Waals surface area contributed by atoms with Crippen LogP contribution in [0.1, 0.15) is 28.8 Å². The van der Waals surface area contributed by atoms with Crippen LogP contribution >= 0.6 is 0 Å². The van der Waals surface area contributed by atoms with E-state index in [1.807, 2.05) is 31.3 Å². The largest absolute Gasteiger partial charge is 0.334 e. The molecule has 1 aromatic carbocycles. The van der Waals surface area contributed by atoms with Crippen molar-refractivity contribution in [1.82, 2.24) is 15.1 Å². The average molecular weight is 266 g/mol. The van der Waals surface area contributed by atoms with Crippen molar-refractivity contribution in [3.63, 3.8) is 0 Å². The number of benzene rings is 1. The van der Waals surface area contributed by atoms with Gasteiger partial charge in [0.15, 0.2) is 0 Å². The van der Waals surface area contributed by atoms with E-state index < -0.39 is 5.54 Å². The summed E-state index contributed by atoms with van der Waals surface area (Å²) < 4.78 is 1.76. The fourth-order valence-electron chi connectivity index (χ4n) is 2.14. The van der Waals surface area contributed by atoms with Crippen LogP contribution in [0.3, 0.4) is 0 Å². The maximum atomic E-state index is 12.1. The Morgan fingerprint density at radius 1 is 1.50 bits per heavy atom. The van der Waals surface area contributed by atoms with Crippen LogP contribution in [0.2, 0.25) is 0 Å². The molecule has 0 saturated heterocycles. The van der Waals surface area contributed by atoms with Crippen LogP contribution in [0.5, 0.6) is 0 Å². The highest BCUT2D eigenvalue weighted by molar-refractivity contribution is 5.95. The highest BCUT2D eigenvalue weighted by atomic mass is 16.1. The van der Waals surface area contributed by atoms with Crippen LogP contribution in [0.25, 0.3) is 5.69 Å². The second kappa shape index (κ2) is 4.49. The molecule has 1 aliphatic rings. The van der Waals surface area contributed by atoms with E-state index in [2.05, 4.69) is 16.5 Å². The molecule has 1 aliphatic carbocycles. The Morgan fingerprint density at radius 3 is 2.85 bits per heavy atom.